The van der Waals surface area contributed by atoms with Crippen LogP contribution in [0.25, 0.3) is 38.5 Å². The Morgan fingerprint density at radius 2 is 1.60 bits per heavy atom. The lowest BCUT2D eigenvalue weighted by Gasteiger charge is -2.31. The molecule has 10 rings (SSSR count). The van der Waals surface area contributed by atoms with Crippen molar-refractivity contribution in [1.82, 2.24) is 30.4 Å². The molecule has 1 unspecified atom stereocenters. The molecule has 4 aromatic carbocycles. The monoisotopic (exact) mass is 879 g/mol. The number of alkyl carbamates (subject to hydrolysis) is 2. The molecule has 0 radical (unpaired) electrons. The lowest BCUT2D eigenvalue weighted by Crippen LogP contribution is -2.53. The maximum atomic E-state index is 14.5. The molecule has 1 spiro atoms. The number of hydrogen-bond donors (Lipinski definition) is 3. The van der Waals surface area contributed by atoms with Gasteiger partial charge in [0.2, 0.25) is 5.91 Å². The van der Waals surface area contributed by atoms with Crippen LogP contribution in [0.15, 0.2) is 89.6 Å². The minimum Gasteiger partial charge on any atom is -0.453 e. The van der Waals surface area contributed by atoms with Crippen molar-refractivity contribution < 1.29 is 38.1 Å². The van der Waals surface area contributed by atoms with Crippen LogP contribution in [0.4, 0.5) is 9.59 Å². The average Bonchev–Trinajstić information content (AvgIpc) is 4.19. The Morgan fingerprint density at radius 1 is 0.846 bits per heavy atom. The molecule has 5 aromatic rings. The SMILES string of the molecule is COC(=O)N[C@H](C(=O)N1CCCC1C1=NC2=C(C1)c1ccc(-c3ccc4c(ccc5[nH]c([C@@H]6CC7(CN6C(=O)[C@H](NC(=O)OC)c6ccccc6)OCCO7)nc54)c3)cc1CC2)C(C)C. The Hall–Kier alpha value is -6.58. The summed E-state index contributed by atoms with van der Waals surface area (Å²) in [7, 11) is 2.58. The number of imidazole rings is 1. The zero-order valence-electron chi connectivity index (χ0n) is 37.0. The lowest BCUT2D eigenvalue weighted by atomic mass is 9.85. The third-order valence-electron chi connectivity index (χ3n) is 13.7. The Labute approximate surface area is 376 Å². The number of aryl methyl sites for hydroxylation is 1. The molecule has 3 saturated heterocycles. The van der Waals surface area contributed by atoms with Gasteiger partial charge in [0.25, 0.3) is 5.91 Å². The van der Waals surface area contributed by atoms with Crippen LogP contribution in [0.1, 0.15) is 80.6 Å². The summed E-state index contributed by atoms with van der Waals surface area (Å²) in [5, 5.41) is 7.50. The van der Waals surface area contributed by atoms with E-state index in [4.69, 9.17) is 28.9 Å². The topological polar surface area (TPSA) is 177 Å². The van der Waals surface area contributed by atoms with E-state index in [1.54, 1.807) is 17.0 Å². The molecule has 0 bridgehead atoms. The van der Waals surface area contributed by atoms with Gasteiger partial charge in [-0.1, -0.05) is 80.6 Å². The third kappa shape index (κ3) is 7.79. The van der Waals surface area contributed by atoms with Crippen LogP contribution >= 0.6 is 0 Å². The average molecular weight is 880 g/mol. The summed E-state index contributed by atoms with van der Waals surface area (Å²) in [5.74, 6) is -0.883. The van der Waals surface area contributed by atoms with Crippen molar-refractivity contribution in [3.63, 3.8) is 0 Å². The van der Waals surface area contributed by atoms with E-state index in [0.717, 1.165) is 70.0 Å². The molecule has 336 valence electrons. The van der Waals surface area contributed by atoms with E-state index in [-0.39, 0.29) is 30.3 Å². The molecule has 4 atom stereocenters. The highest BCUT2D eigenvalue weighted by molar-refractivity contribution is 6.07. The van der Waals surface area contributed by atoms with Crippen molar-refractivity contribution in [3.8, 4) is 11.1 Å². The van der Waals surface area contributed by atoms with Crippen molar-refractivity contribution in [2.45, 2.75) is 82.3 Å². The van der Waals surface area contributed by atoms with Gasteiger partial charge in [-0.25, -0.2) is 14.6 Å². The number of fused-ring (bicyclic) bond motifs is 5. The van der Waals surface area contributed by atoms with Crippen LogP contribution in [-0.4, -0.2) is 108 Å². The van der Waals surface area contributed by atoms with E-state index >= 15 is 0 Å². The lowest BCUT2D eigenvalue weighted by molar-refractivity contribution is -0.153. The molecule has 5 aliphatic rings. The highest BCUT2D eigenvalue weighted by Crippen LogP contribution is 2.45. The summed E-state index contributed by atoms with van der Waals surface area (Å²) in [6.45, 7) is 5.51. The number of rotatable bonds is 9. The number of nitrogens with zero attached hydrogens (tertiary/aromatic N) is 4. The number of aromatic amines is 1. The maximum absolute atomic E-state index is 14.5. The van der Waals surface area contributed by atoms with Gasteiger partial charge in [-0.15, -0.1) is 0 Å². The molecule has 1 aliphatic carbocycles. The van der Waals surface area contributed by atoms with E-state index in [9.17, 15) is 19.2 Å². The Balaban J connectivity index is 0.890. The third-order valence-corrected chi connectivity index (χ3v) is 13.7. The number of methoxy groups -OCH3 is 2. The van der Waals surface area contributed by atoms with E-state index in [1.165, 1.54) is 30.9 Å². The molecular weight excluding hydrogens is 827 g/mol. The maximum Gasteiger partial charge on any atom is 0.407 e. The zero-order valence-corrected chi connectivity index (χ0v) is 37.0. The van der Waals surface area contributed by atoms with Crippen LogP contribution in [0.3, 0.4) is 0 Å². The van der Waals surface area contributed by atoms with Crippen molar-refractivity contribution in [3.05, 3.63) is 107 Å². The van der Waals surface area contributed by atoms with Gasteiger partial charge in [0.05, 0.1) is 57.1 Å². The highest BCUT2D eigenvalue weighted by Gasteiger charge is 2.53. The molecule has 15 heteroatoms. The summed E-state index contributed by atoms with van der Waals surface area (Å²) in [6.07, 6.45) is 3.21. The number of hydrogen-bond acceptors (Lipinski definition) is 10. The molecule has 0 saturated carbocycles. The molecule has 1 aromatic heterocycles. The summed E-state index contributed by atoms with van der Waals surface area (Å²) < 4.78 is 22.0. The van der Waals surface area contributed by atoms with Gasteiger partial charge in [0, 0.05) is 36.2 Å². The molecule has 4 amide bonds. The Kier molecular flexibility index (Phi) is 11.1. The van der Waals surface area contributed by atoms with Gasteiger partial charge in [0.15, 0.2) is 5.79 Å². The molecule has 4 aliphatic heterocycles. The van der Waals surface area contributed by atoms with Crippen molar-refractivity contribution >= 4 is 57.1 Å². The molecule has 15 nitrogen and oxygen atoms in total. The number of carbonyl (C=O) groups is 4. The van der Waals surface area contributed by atoms with Crippen LogP contribution in [0, 0.1) is 5.92 Å². The van der Waals surface area contributed by atoms with Crippen molar-refractivity contribution in [2.75, 3.05) is 40.5 Å². The predicted octanol–water partition coefficient (Wildman–Crippen LogP) is 7.37. The minimum absolute atomic E-state index is 0.0900. The van der Waals surface area contributed by atoms with E-state index in [2.05, 4.69) is 58.1 Å². The van der Waals surface area contributed by atoms with Crippen LogP contribution in [0.2, 0.25) is 0 Å². The van der Waals surface area contributed by atoms with Crippen molar-refractivity contribution in [2.24, 2.45) is 10.9 Å². The first-order valence-corrected chi connectivity index (χ1v) is 22.5. The Bertz CT molecular complexity index is 2780. The number of allylic oxidation sites excluding steroid dienone is 2. The number of aliphatic imine (C=N–C) groups is 1. The van der Waals surface area contributed by atoms with Gasteiger partial charge in [-0.3, -0.25) is 14.6 Å². The van der Waals surface area contributed by atoms with Gasteiger partial charge >= 0.3 is 12.2 Å². The fraction of sp³-hybridized carbons (Fsp3) is 0.400. The first kappa shape index (κ1) is 42.4. The largest absolute Gasteiger partial charge is 0.453 e. The summed E-state index contributed by atoms with van der Waals surface area (Å²) in [4.78, 5) is 70.4. The fourth-order valence-electron chi connectivity index (χ4n) is 10.5. The standard InChI is InChI=1S/C50H53N7O8/c1-28(2)42(54-48(60)62-3)46(58)56-20-8-11-40(56)39-25-36-34-16-12-30(23-32(34)14-18-37(36)51-39)31-13-17-35-33(24-31)15-19-38-44(35)53-45(52-38)41-26-50(64-21-22-65-50)27-57(41)47(59)43(55-49(61)63-4)29-9-6-5-7-10-29/h5-7,9-10,12-13,15-17,19,23-24,28,40-43H,8,11,14,18,20-22,25-27H2,1-4H3,(H,52,53)(H,54,60)(H,55,61)/t40?,41-,42-,43+/m0/s1. The van der Waals surface area contributed by atoms with E-state index in [0.29, 0.717) is 44.0 Å². The molecule has 5 heterocycles. The van der Waals surface area contributed by atoms with Gasteiger partial charge < -0.3 is 44.4 Å². The fourth-order valence-corrected chi connectivity index (χ4v) is 10.5. The van der Waals surface area contributed by atoms with Crippen LogP contribution in [0.5, 0.6) is 0 Å². The predicted molar refractivity (Wildman–Crippen MR) is 244 cm³/mol. The zero-order chi connectivity index (χ0) is 45.0. The van der Waals surface area contributed by atoms with Gasteiger partial charge in [-0.2, -0.15) is 0 Å². The molecule has 3 fully saturated rings. The molecule has 3 N–H and O–H groups in total. The Morgan fingerprint density at radius 3 is 2.37 bits per heavy atom. The summed E-state index contributed by atoms with van der Waals surface area (Å²) >= 11 is 0. The van der Waals surface area contributed by atoms with Gasteiger partial charge in [0.1, 0.15) is 17.9 Å². The van der Waals surface area contributed by atoms with Crippen LogP contribution < -0.4 is 10.6 Å². The smallest absolute Gasteiger partial charge is 0.407 e. The molecular formula is C50H53N7O8. The van der Waals surface area contributed by atoms with E-state index in [1.807, 2.05) is 43.0 Å². The second-order valence-corrected chi connectivity index (χ2v) is 17.9. The second kappa shape index (κ2) is 17.1. The second-order valence-electron chi connectivity index (χ2n) is 17.9. The number of benzene rings is 4. The normalized spacial score (nSPS) is 20.8. The molecule has 65 heavy (non-hydrogen) atoms. The summed E-state index contributed by atoms with van der Waals surface area (Å²) in [6, 6.07) is 24.1. The number of likely N-dealkylation sites (tertiary alicyclic amines) is 2. The number of ether oxygens (including phenoxy) is 4. The first-order chi connectivity index (χ1) is 31.5. The van der Waals surface area contributed by atoms with Crippen LogP contribution in [-0.2, 0) is 35.0 Å². The number of H-pyrrole nitrogens is 1. The number of nitrogens with one attached hydrogen (secondary N) is 3. The quantitative estimate of drug-likeness (QED) is 0.137. The number of carbonyl (C=O) groups excluding carboxylic acids is 4. The highest BCUT2D eigenvalue weighted by atomic mass is 16.7. The number of aromatic nitrogens is 2. The first-order valence-electron chi connectivity index (χ1n) is 22.5. The van der Waals surface area contributed by atoms with Crippen molar-refractivity contribution in [1.29, 1.82) is 0 Å². The van der Waals surface area contributed by atoms with Gasteiger partial charge in [-0.05, 0) is 82.5 Å². The summed E-state index contributed by atoms with van der Waals surface area (Å²) in [5.41, 5.74) is 10.4. The minimum atomic E-state index is -1.00. The van der Waals surface area contributed by atoms with E-state index < -0.39 is 36.1 Å². The number of amides is 4.